The van der Waals surface area contributed by atoms with Crippen molar-refractivity contribution in [3.63, 3.8) is 0 Å². The van der Waals surface area contributed by atoms with Gasteiger partial charge >= 0.3 is 5.97 Å². The maximum atomic E-state index is 11.6. The summed E-state index contributed by atoms with van der Waals surface area (Å²) in [6.45, 7) is 3.92. The molecule has 0 spiro atoms. The molecule has 21 heavy (non-hydrogen) atoms. The lowest BCUT2D eigenvalue weighted by Crippen LogP contribution is -2.13. The van der Waals surface area contributed by atoms with Gasteiger partial charge in [0.25, 0.3) is 0 Å². The number of nitrogens with zero attached hydrogens (tertiary/aromatic N) is 1. The zero-order chi connectivity index (χ0) is 15.2. The summed E-state index contributed by atoms with van der Waals surface area (Å²) in [4.78, 5) is 15.9. The van der Waals surface area contributed by atoms with Crippen LogP contribution in [0.3, 0.4) is 0 Å². The SMILES string of the molecule is CCC(C)C(=O)OCc1coc(-c2ccc(OC)cc2)n1. The van der Waals surface area contributed by atoms with Crippen LogP contribution in [-0.4, -0.2) is 18.1 Å². The fraction of sp³-hybridized carbons (Fsp3) is 0.375. The third-order valence-corrected chi connectivity index (χ3v) is 3.27. The Hall–Kier alpha value is -2.30. The van der Waals surface area contributed by atoms with Crippen molar-refractivity contribution in [1.29, 1.82) is 0 Å². The summed E-state index contributed by atoms with van der Waals surface area (Å²) in [5.41, 5.74) is 1.44. The molecule has 0 aliphatic carbocycles. The molecule has 0 aliphatic rings. The molecule has 5 nitrogen and oxygen atoms in total. The number of rotatable bonds is 6. The zero-order valence-corrected chi connectivity index (χ0v) is 12.5. The van der Waals surface area contributed by atoms with Gasteiger partial charge in [-0.05, 0) is 30.7 Å². The first-order valence-corrected chi connectivity index (χ1v) is 6.89. The van der Waals surface area contributed by atoms with E-state index in [0.29, 0.717) is 11.6 Å². The Morgan fingerprint density at radius 2 is 2.05 bits per heavy atom. The van der Waals surface area contributed by atoms with Crippen LogP contribution >= 0.6 is 0 Å². The number of carbonyl (C=O) groups excluding carboxylic acids is 1. The van der Waals surface area contributed by atoms with Crippen LogP contribution in [0.2, 0.25) is 0 Å². The number of hydrogen-bond acceptors (Lipinski definition) is 5. The van der Waals surface area contributed by atoms with Crippen molar-refractivity contribution in [3.8, 4) is 17.2 Å². The second-order valence-electron chi connectivity index (χ2n) is 4.79. The number of aromatic nitrogens is 1. The van der Waals surface area contributed by atoms with E-state index in [2.05, 4.69) is 4.98 Å². The summed E-state index contributed by atoms with van der Waals surface area (Å²) >= 11 is 0. The van der Waals surface area contributed by atoms with E-state index in [-0.39, 0.29) is 18.5 Å². The lowest BCUT2D eigenvalue weighted by Gasteiger charge is -2.07. The van der Waals surface area contributed by atoms with Gasteiger partial charge in [-0.15, -0.1) is 0 Å². The maximum Gasteiger partial charge on any atom is 0.309 e. The lowest BCUT2D eigenvalue weighted by atomic mass is 10.1. The van der Waals surface area contributed by atoms with E-state index in [1.54, 1.807) is 7.11 Å². The molecule has 0 bridgehead atoms. The molecular formula is C16H19NO4. The highest BCUT2D eigenvalue weighted by Crippen LogP contribution is 2.22. The number of hydrogen-bond donors (Lipinski definition) is 0. The van der Waals surface area contributed by atoms with Crippen LogP contribution < -0.4 is 4.74 Å². The summed E-state index contributed by atoms with van der Waals surface area (Å²) in [7, 11) is 1.61. The van der Waals surface area contributed by atoms with E-state index < -0.39 is 0 Å². The van der Waals surface area contributed by atoms with Crippen molar-refractivity contribution >= 4 is 5.97 Å². The van der Waals surface area contributed by atoms with Crippen LogP contribution in [0, 0.1) is 5.92 Å². The quantitative estimate of drug-likeness (QED) is 0.762. The average Bonchev–Trinajstić information content (AvgIpc) is 3.00. The van der Waals surface area contributed by atoms with E-state index in [4.69, 9.17) is 13.9 Å². The van der Waals surface area contributed by atoms with Gasteiger partial charge in [0.05, 0.1) is 13.0 Å². The van der Waals surface area contributed by atoms with Crippen LogP contribution in [0.25, 0.3) is 11.5 Å². The van der Waals surface area contributed by atoms with Crippen LogP contribution in [0.5, 0.6) is 5.75 Å². The van der Waals surface area contributed by atoms with E-state index in [0.717, 1.165) is 17.7 Å². The molecule has 112 valence electrons. The van der Waals surface area contributed by atoms with Gasteiger partial charge in [0.2, 0.25) is 5.89 Å². The molecule has 0 amide bonds. The number of methoxy groups -OCH3 is 1. The molecule has 0 N–H and O–H groups in total. The lowest BCUT2D eigenvalue weighted by molar-refractivity contribution is -0.149. The summed E-state index contributed by atoms with van der Waals surface area (Å²) in [6.07, 6.45) is 2.26. The summed E-state index contributed by atoms with van der Waals surface area (Å²) in [5, 5.41) is 0. The second kappa shape index (κ2) is 6.92. The van der Waals surface area contributed by atoms with Gasteiger partial charge in [0, 0.05) is 5.56 Å². The van der Waals surface area contributed by atoms with E-state index in [1.165, 1.54) is 6.26 Å². The van der Waals surface area contributed by atoms with E-state index in [9.17, 15) is 4.79 Å². The first-order chi connectivity index (χ1) is 10.1. The molecule has 2 aromatic rings. The topological polar surface area (TPSA) is 61.6 Å². The predicted octanol–water partition coefficient (Wildman–Crippen LogP) is 3.44. The van der Waals surface area contributed by atoms with Gasteiger partial charge in [-0.3, -0.25) is 4.79 Å². The number of esters is 1. The molecule has 5 heteroatoms. The fourth-order valence-electron chi connectivity index (χ4n) is 1.69. The van der Waals surface area contributed by atoms with Crippen molar-refractivity contribution in [2.45, 2.75) is 26.9 Å². The number of carbonyl (C=O) groups is 1. The molecule has 0 saturated heterocycles. The highest BCUT2D eigenvalue weighted by Gasteiger charge is 2.13. The third-order valence-electron chi connectivity index (χ3n) is 3.27. The second-order valence-corrected chi connectivity index (χ2v) is 4.79. The molecule has 1 aromatic carbocycles. The largest absolute Gasteiger partial charge is 0.497 e. The Balaban J connectivity index is 1.99. The number of ether oxygens (including phenoxy) is 2. The molecule has 2 rings (SSSR count). The smallest absolute Gasteiger partial charge is 0.309 e. The molecule has 0 radical (unpaired) electrons. The number of benzene rings is 1. The first-order valence-electron chi connectivity index (χ1n) is 6.89. The van der Waals surface area contributed by atoms with Crippen molar-refractivity contribution in [3.05, 3.63) is 36.2 Å². The Labute approximate surface area is 123 Å². The van der Waals surface area contributed by atoms with Crippen molar-refractivity contribution in [2.24, 2.45) is 5.92 Å². The van der Waals surface area contributed by atoms with Gasteiger partial charge in [-0.1, -0.05) is 13.8 Å². The monoisotopic (exact) mass is 289 g/mol. The van der Waals surface area contributed by atoms with Crippen LogP contribution in [0.1, 0.15) is 26.0 Å². The van der Waals surface area contributed by atoms with Gasteiger partial charge in [0.1, 0.15) is 24.3 Å². The van der Waals surface area contributed by atoms with Crippen LogP contribution in [0.15, 0.2) is 34.9 Å². The molecule has 0 aliphatic heterocycles. The Kier molecular flexibility index (Phi) is 4.98. The van der Waals surface area contributed by atoms with Gasteiger partial charge in [-0.25, -0.2) is 4.98 Å². The standard InChI is InChI=1S/C16H19NO4/c1-4-11(2)16(18)21-10-13-9-20-15(17-13)12-5-7-14(19-3)8-6-12/h5-9,11H,4,10H2,1-3H3. The molecular weight excluding hydrogens is 270 g/mol. The Morgan fingerprint density at radius 3 is 2.67 bits per heavy atom. The minimum Gasteiger partial charge on any atom is -0.497 e. The summed E-state index contributed by atoms with van der Waals surface area (Å²) in [5.74, 6) is 0.949. The maximum absolute atomic E-state index is 11.6. The Bertz CT molecular complexity index is 589. The molecule has 1 unspecified atom stereocenters. The minimum absolute atomic E-state index is 0.0991. The molecule has 0 fully saturated rings. The van der Waals surface area contributed by atoms with Crippen molar-refractivity contribution < 1.29 is 18.7 Å². The zero-order valence-electron chi connectivity index (χ0n) is 12.5. The molecule has 0 saturated carbocycles. The summed E-state index contributed by atoms with van der Waals surface area (Å²) in [6, 6.07) is 7.39. The van der Waals surface area contributed by atoms with Crippen LogP contribution in [-0.2, 0) is 16.1 Å². The van der Waals surface area contributed by atoms with Gasteiger partial charge in [-0.2, -0.15) is 0 Å². The van der Waals surface area contributed by atoms with Gasteiger partial charge < -0.3 is 13.9 Å². The minimum atomic E-state index is -0.216. The number of oxazole rings is 1. The fourth-order valence-corrected chi connectivity index (χ4v) is 1.69. The first kappa shape index (κ1) is 15.1. The predicted molar refractivity (Wildman–Crippen MR) is 77.7 cm³/mol. The van der Waals surface area contributed by atoms with Crippen molar-refractivity contribution in [1.82, 2.24) is 4.98 Å². The summed E-state index contributed by atoms with van der Waals surface area (Å²) < 4.78 is 15.7. The highest BCUT2D eigenvalue weighted by atomic mass is 16.5. The van der Waals surface area contributed by atoms with E-state index >= 15 is 0 Å². The normalized spacial score (nSPS) is 12.0. The van der Waals surface area contributed by atoms with Crippen molar-refractivity contribution in [2.75, 3.05) is 7.11 Å². The van der Waals surface area contributed by atoms with Gasteiger partial charge in [0.15, 0.2) is 0 Å². The molecule has 1 atom stereocenters. The average molecular weight is 289 g/mol. The highest BCUT2D eigenvalue weighted by molar-refractivity contribution is 5.71. The van der Waals surface area contributed by atoms with E-state index in [1.807, 2.05) is 38.1 Å². The third kappa shape index (κ3) is 3.84. The Morgan fingerprint density at radius 1 is 1.33 bits per heavy atom. The molecule has 1 aromatic heterocycles. The molecule has 1 heterocycles. The van der Waals surface area contributed by atoms with Crippen LogP contribution in [0.4, 0.5) is 0 Å².